The number of carbonyl (C=O) groups excluding carboxylic acids is 1. The van der Waals surface area contributed by atoms with Crippen molar-refractivity contribution in [2.24, 2.45) is 0 Å². The van der Waals surface area contributed by atoms with Gasteiger partial charge in [-0.25, -0.2) is 0 Å². The Morgan fingerprint density at radius 2 is 1.93 bits per heavy atom. The molecular formula is C19H19F2N5O2. The zero-order valence-corrected chi connectivity index (χ0v) is 15.2. The van der Waals surface area contributed by atoms with E-state index in [9.17, 15) is 13.6 Å². The van der Waals surface area contributed by atoms with Crippen molar-refractivity contribution in [1.82, 2.24) is 25.5 Å². The maximum Gasteiger partial charge on any atom is 0.387 e. The molecule has 0 aliphatic heterocycles. The van der Waals surface area contributed by atoms with Crippen LogP contribution in [0.3, 0.4) is 0 Å². The van der Waals surface area contributed by atoms with Crippen molar-refractivity contribution in [1.29, 1.82) is 0 Å². The Kier molecular flexibility index (Phi) is 6.25. The number of aromatic nitrogens is 4. The Bertz CT molecular complexity index is 928. The van der Waals surface area contributed by atoms with E-state index in [4.69, 9.17) is 0 Å². The number of hydrogen-bond acceptors (Lipinski definition) is 5. The van der Waals surface area contributed by atoms with Gasteiger partial charge in [-0.2, -0.15) is 13.6 Å². The van der Waals surface area contributed by atoms with Crippen LogP contribution < -0.4 is 10.1 Å². The van der Waals surface area contributed by atoms with E-state index in [1.165, 1.54) is 16.9 Å². The second-order valence-corrected chi connectivity index (χ2v) is 6.08. The molecule has 1 amide bonds. The largest absolute Gasteiger partial charge is 0.435 e. The Balaban J connectivity index is 1.47. The zero-order chi connectivity index (χ0) is 19.9. The summed E-state index contributed by atoms with van der Waals surface area (Å²) in [4.78, 5) is 13.3. The fraction of sp³-hybridized carbons (Fsp3) is 0.263. The van der Waals surface area contributed by atoms with Gasteiger partial charge in [0.15, 0.2) is 0 Å². The minimum atomic E-state index is -2.85. The highest BCUT2D eigenvalue weighted by Gasteiger charge is 2.10. The van der Waals surface area contributed by atoms with Gasteiger partial charge in [0.2, 0.25) is 11.7 Å². The maximum atomic E-state index is 12.1. The van der Waals surface area contributed by atoms with Gasteiger partial charge in [0.05, 0.1) is 0 Å². The average molecular weight is 387 g/mol. The second-order valence-electron chi connectivity index (χ2n) is 6.08. The van der Waals surface area contributed by atoms with Crippen LogP contribution in [0.1, 0.15) is 11.1 Å². The molecular weight excluding hydrogens is 368 g/mol. The van der Waals surface area contributed by atoms with E-state index in [0.717, 1.165) is 16.7 Å². The van der Waals surface area contributed by atoms with Crippen LogP contribution in [0.25, 0.3) is 11.4 Å². The Hall–Kier alpha value is -3.36. The third-order valence-corrected chi connectivity index (χ3v) is 4.01. The quantitative estimate of drug-likeness (QED) is 0.643. The third-order valence-electron chi connectivity index (χ3n) is 4.01. The maximum absolute atomic E-state index is 12.1. The van der Waals surface area contributed by atoms with Crippen molar-refractivity contribution < 1.29 is 18.3 Å². The predicted molar refractivity (Wildman–Crippen MR) is 97.8 cm³/mol. The molecule has 2 aromatic carbocycles. The molecule has 1 aromatic heterocycles. The summed E-state index contributed by atoms with van der Waals surface area (Å²) in [5.41, 5.74) is 2.78. The molecule has 0 aliphatic carbocycles. The van der Waals surface area contributed by atoms with Crippen LogP contribution in [-0.4, -0.2) is 39.3 Å². The fourth-order valence-corrected chi connectivity index (χ4v) is 2.61. The molecule has 0 radical (unpaired) electrons. The van der Waals surface area contributed by atoms with Crippen molar-refractivity contribution in [3.63, 3.8) is 0 Å². The van der Waals surface area contributed by atoms with Crippen molar-refractivity contribution in [2.75, 3.05) is 6.54 Å². The second kappa shape index (κ2) is 9.03. The SMILES string of the molecule is Cc1ccccc1-c1nnn(CC(=O)NCCc2ccc(OC(F)F)cc2)n1. The summed E-state index contributed by atoms with van der Waals surface area (Å²) in [6, 6.07) is 14.0. The third kappa shape index (κ3) is 5.32. The topological polar surface area (TPSA) is 81.9 Å². The lowest BCUT2D eigenvalue weighted by Crippen LogP contribution is -2.30. The first-order valence-corrected chi connectivity index (χ1v) is 8.65. The average Bonchev–Trinajstić information content (AvgIpc) is 3.11. The molecule has 0 fully saturated rings. The first-order valence-electron chi connectivity index (χ1n) is 8.65. The molecule has 3 rings (SSSR count). The number of carbonyl (C=O) groups is 1. The standard InChI is InChI=1S/C19H19F2N5O2/c1-13-4-2-3-5-16(13)18-23-25-26(24-18)12-17(27)22-11-10-14-6-8-15(9-7-14)28-19(20)21/h2-9,19H,10-12H2,1H3,(H,22,27). The van der Waals surface area contributed by atoms with Gasteiger partial charge in [-0.05, 0) is 41.8 Å². The van der Waals surface area contributed by atoms with Crippen molar-refractivity contribution >= 4 is 5.91 Å². The number of ether oxygens (including phenoxy) is 1. The highest BCUT2D eigenvalue weighted by Crippen LogP contribution is 2.18. The molecule has 28 heavy (non-hydrogen) atoms. The van der Waals surface area contributed by atoms with E-state index in [0.29, 0.717) is 18.8 Å². The smallest absolute Gasteiger partial charge is 0.387 e. The van der Waals surface area contributed by atoms with Crippen molar-refractivity contribution in [3.05, 3.63) is 59.7 Å². The van der Waals surface area contributed by atoms with Crippen LogP contribution in [0.2, 0.25) is 0 Å². The lowest BCUT2D eigenvalue weighted by molar-refractivity contribution is -0.122. The van der Waals surface area contributed by atoms with Crippen molar-refractivity contribution in [2.45, 2.75) is 26.5 Å². The molecule has 0 spiro atoms. The molecule has 0 aliphatic rings. The highest BCUT2D eigenvalue weighted by molar-refractivity contribution is 5.75. The van der Waals surface area contributed by atoms with E-state index in [1.807, 2.05) is 31.2 Å². The van der Waals surface area contributed by atoms with Crippen LogP contribution in [0, 0.1) is 6.92 Å². The fourth-order valence-electron chi connectivity index (χ4n) is 2.61. The highest BCUT2D eigenvalue weighted by atomic mass is 19.3. The van der Waals surface area contributed by atoms with Gasteiger partial charge in [-0.3, -0.25) is 4.79 Å². The van der Waals surface area contributed by atoms with Gasteiger partial charge in [0, 0.05) is 12.1 Å². The molecule has 146 valence electrons. The summed E-state index contributed by atoms with van der Waals surface area (Å²) in [6.07, 6.45) is 0.556. The summed E-state index contributed by atoms with van der Waals surface area (Å²) in [7, 11) is 0. The first-order chi connectivity index (χ1) is 13.5. The normalized spacial score (nSPS) is 10.9. The molecule has 1 N–H and O–H groups in total. The molecule has 9 heteroatoms. The summed E-state index contributed by atoms with van der Waals surface area (Å²) in [5.74, 6) is 0.327. The van der Waals surface area contributed by atoms with Crippen LogP contribution in [0.15, 0.2) is 48.5 Å². The molecule has 7 nitrogen and oxygen atoms in total. The van der Waals surface area contributed by atoms with Gasteiger partial charge in [-0.1, -0.05) is 36.4 Å². The summed E-state index contributed by atoms with van der Waals surface area (Å²) in [5, 5.41) is 14.9. The van der Waals surface area contributed by atoms with E-state index < -0.39 is 6.61 Å². The van der Waals surface area contributed by atoms with E-state index >= 15 is 0 Å². The lowest BCUT2D eigenvalue weighted by atomic mass is 10.1. The van der Waals surface area contributed by atoms with Crippen LogP contribution in [0.4, 0.5) is 8.78 Å². The Labute approximate surface area is 160 Å². The lowest BCUT2D eigenvalue weighted by Gasteiger charge is -2.07. The van der Waals surface area contributed by atoms with E-state index in [2.05, 4.69) is 25.5 Å². The number of aryl methyl sites for hydroxylation is 1. The molecule has 0 unspecified atom stereocenters. The van der Waals surface area contributed by atoms with Gasteiger partial charge < -0.3 is 10.1 Å². The number of alkyl halides is 2. The summed E-state index contributed by atoms with van der Waals surface area (Å²) >= 11 is 0. The Morgan fingerprint density at radius 1 is 1.18 bits per heavy atom. The molecule has 0 bridgehead atoms. The zero-order valence-electron chi connectivity index (χ0n) is 15.2. The van der Waals surface area contributed by atoms with Gasteiger partial charge >= 0.3 is 6.61 Å². The van der Waals surface area contributed by atoms with E-state index in [-0.39, 0.29) is 18.2 Å². The number of nitrogens with zero attached hydrogens (tertiary/aromatic N) is 4. The summed E-state index contributed by atoms with van der Waals surface area (Å²) in [6.45, 7) is -0.538. The Morgan fingerprint density at radius 3 is 2.64 bits per heavy atom. The van der Waals surface area contributed by atoms with E-state index in [1.54, 1.807) is 12.1 Å². The van der Waals surface area contributed by atoms with Gasteiger partial charge in [-0.15, -0.1) is 10.2 Å². The van der Waals surface area contributed by atoms with Crippen LogP contribution in [0.5, 0.6) is 5.75 Å². The monoisotopic (exact) mass is 387 g/mol. The van der Waals surface area contributed by atoms with Crippen LogP contribution in [-0.2, 0) is 17.8 Å². The summed E-state index contributed by atoms with van der Waals surface area (Å²) < 4.78 is 28.5. The number of amides is 1. The first kappa shape index (κ1) is 19.4. The number of nitrogens with one attached hydrogen (secondary N) is 1. The molecule has 0 saturated heterocycles. The number of benzene rings is 2. The number of tetrazole rings is 1. The number of rotatable bonds is 8. The molecule has 0 saturated carbocycles. The molecule has 1 heterocycles. The molecule has 3 aromatic rings. The van der Waals surface area contributed by atoms with Gasteiger partial charge in [0.25, 0.3) is 0 Å². The minimum Gasteiger partial charge on any atom is -0.435 e. The van der Waals surface area contributed by atoms with Gasteiger partial charge in [0.1, 0.15) is 12.3 Å². The van der Waals surface area contributed by atoms with Crippen molar-refractivity contribution in [3.8, 4) is 17.1 Å². The predicted octanol–water partition coefficient (Wildman–Crippen LogP) is 2.61. The molecule has 0 atom stereocenters. The number of hydrogen-bond donors (Lipinski definition) is 1. The minimum absolute atomic E-state index is 0.0416. The number of halogens is 2. The van der Waals surface area contributed by atoms with Crippen LogP contribution >= 0.6 is 0 Å².